The number of para-hydroxylation sites is 2. The molecule has 2 aromatic heterocycles. The molecule has 166 valence electrons. The predicted molar refractivity (Wildman–Crippen MR) is 128 cm³/mol. The summed E-state index contributed by atoms with van der Waals surface area (Å²) in [6.45, 7) is 1.87. The Morgan fingerprint density at radius 1 is 1.00 bits per heavy atom. The summed E-state index contributed by atoms with van der Waals surface area (Å²) in [5.41, 5.74) is 2.97. The zero-order chi connectivity index (χ0) is 23.2. The molecule has 0 bridgehead atoms. The molecule has 0 aliphatic rings. The molecule has 5 rings (SSSR count). The van der Waals surface area contributed by atoms with Gasteiger partial charge in [-0.3, -0.25) is 4.79 Å². The van der Waals surface area contributed by atoms with E-state index >= 15 is 0 Å². The Balaban J connectivity index is 1.52. The zero-order valence-electron chi connectivity index (χ0n) is 17.7. The van der Waals surface area contributed by atoms with Crippen LogP contribution in [0.15, 0.2) is 76.4 Å². The summed E-state index contributed by atoms with van der Waals surface area (Å²) in [7, 11) is -2.60. The Morgan fingerprint density at radius 3 is 2.52 bits per heavy atom. The van der Waals surface area contributed by atoms with E-state index in [2.05, 4.69) is 4.98 Å². The van der Waals surface area contributed by atoms with Crippen LogP contribution in [0.4, 0.5) is 0 Å². The van der Waals surface area contributed by atoms with Crippen LogP contribution in [0.25, 0.3) is 22.1 Å². The molecule has 0 fully saturated rings. The van der Waals surface area contributed by atoms with E-state index in [0.717, 1.165) is 16.6 Å². The van der Waals surface area contributed by atoms with E-state index < -0.39 is 10.1 Å². The van der Waals surface area contributed by atoms with E-state index in [1.165, 1.54) is 36.6 Å². The van der Waals surface area contributed by atoms with Crippen molar-refractivity contribution in [1.82, 2.24) is 9.38 Å². The number of hydrogen-bond acceptors (Lipinski definition) is 7. The van der Waals surface area contributed by atoms with Crippen LogP contribution >= 0.6 is 11.3 Å². The van der Waals surface area contributed by atoms with Crippen LogP contribution in [-0.2, 0) is 10.1 Å². The predicted octanol–water partition coefficient (Wildman–Crippen LogP) is 3.54. The lowest BCUT2D eigenvalue weighted by molar-refractivity contribution is 0.390. The molecule has 33 heavy (non-hydrogen) atoms. The second-order valence-electron chi connectivity index (χ2n) is 7.40. The van der Waals surface area contributed by atoms with Crippen molar-refractivity contribution < 1.29 is 17.3 Å². The van der Waals surface area contributed by atoms with Crippen molar-refractivity contribution in [2.24, 2.45) is 0 Å². The number of imidazole rings is 1. The Kier molecular flexibility index (Phi) is 5.15. The van der Waals surface area contributed by atoms with Crippen molar-refractivity contribution >= 4 is 43.5 Å². The van der Waals surface area contributed by atoms with Gasteiger partial charge in [0.1, 0.15) is 4.90 Å². The molecular weight excluding hydrogens is 460 g/mol. The van der Waals surface area contributed by atoms with Crippen molar-refractivity contribution in [3.05, 3.63) is 92.7 Å². The van der Waals surface area contributed by atoms with Gasteiger partial charge in [-0.05, 0) is 55.0 Å². The van der Waals surface area contributed by atoms with Crippen molar-refractivity contribution in [1.29, 1.82) is 0 Å². The lowest BCUT2D eigenvalue weighted by Gasteiger charge is -2.11. The second kappa shape index (κ2) is 8.02. The molecule has 0 radical (unpaired) electrons. The van der Waals surface area contributed by atoms with Crippen LogP contribution in [0, 0.1) is 6.92 Å². The molecule has 0 aliphatic heterocycles. The summed E-state index contributed by atoms with van der Waals surface area (Å²) < 4.78 is 38.1. The Morgan fingerprint density at radius 2 is 1.76 bits per heavy atom. The lowest BCUT2D eigenvalue weighted by atomic mass is 10.2. The van der Waals surface area contributed by atoms with E-state index in [1.807, 2.05) is 31.2 Å². The highest BCUT2D eigenvalue weighted by Gasteiger charge is 2.19. The van der Waals surface area contributed by atoms with Gasteiger partial charge in [0.05, 0.1) is 22.7 Å². The number of thiazole rings is 1. The summed E-state index contributed by atoms with van der Waals surface area (Å²) in [6.07, 6.45) is 1.72. The van der Waals surface area contributed by atoms with Gasteiger partial charge in [0.25, 0.3) is 5.56 Å². The first kappa shape index (κ1) is 21.2. The van der Waals surface area contributed by atoms with Crippen molar-refractivity contribution in [2.75, 3.05) is 7.11 Å². The zero-order valence-corrected chi connectivity index (χ0v) is 19.3. The largest absolute Gasteiger partial charge is 0.493 e. The van der Waals surface area contributed by atoms with E-state index in [-0.39, 0.29) is 22.0 Å². The topological polar surface area (TPSA) is 87.0 Å². The average molecular weight is 479 g/mol. The van der Waals surface area contributed by atoms with E-state index in [4.69, 9.17) is 8.92 Å². The van der Waals surface area contributed by atoms with Gasteiger partial charge in [0, 0.05) is 0 Å². The minimum absolute atomic E-state index is 0.0518. The lowest BCUT2D eigenvalue weighted by Crippen LogP contribution is -2.22. The first-order chi connectivity index (χ1) is 15.9. The molecule has 0 spiro atoms. The van der Waals surface area contributed by atoms with Gasteiger partial charge in [0.2, 0.25) is 0 Å². The molecule has 0 atom stereocenters. The Bertz CT molecular complexity index is 1720. The maximum Gasteiger partial charge on any atom is 0.339 e. The summed E-state index contributed by atoms with van der Waals surface area (Å²) >= 11 is 1.29. The van der Waals surface area contributed by atoms with Gasteiger partial charge in [0.15, 0.2) is 16.5 Å². The SMILES string of the molecule is COc1cc(/C=c2/sc3nc4ccccc4n3c2=O)ccc1OS(=O)(=O)c1ccc(C)cc1. The molecule has 3 aromatic carbocycles. The quantitative estimate of drug-likeness (QED) is 0.359. The number of benzene rings is 3. The molecule has 2 heterocycles. The minimum atomic E-state index is -4.02. The summed E-state index contributed by atoms with van der Waals surface area (Å²) in [5.74, 6) is 0.295. The number of methoxy groups -OCH3 is 1. The Labute approximate surface area is 193 Å². The first-order valence-corrected chi connectivity index (χ1v) is 12.2. The van der Waals surface area contributed by atoms with E-state index in [0.29, 0.717) is 15.1 Å². The van der Waals surface area contributed by atoms with Crippen LogP contribution < -0.4 is 19.0 Å². The van der Waals surface area contributed by atoms with Crippen LogP contribution in [0.3, 0.4) is 0 Å². The fourth-order valence-corrected chi connectivity index (χ4v) is 5.40. The standard InChI is InChI=1S/C24H18N2O5S2/c1-15-7-10-17(11-8-15)33(28,29)31-20-12-9-16(13-21(20)30-2)14-22-23(27)26-19-6-4-3-5-18(19)25-24(26)32-22/h3-14H,1-2H3/b22-14+. The fraction of sp³-hybridized carbons (Fsp3) is 0.0833. The smallest absolute Gasteiger partial charge is 0.339 e. The highest BCUT2D eigenvalue weighted by molar-refractivity contribution is 7.87. The molecule has 0 saturated carbocycles. The molecule has 0 N–H and O–H groups in total. The monoisotopic (exact) mass is 478 g/mol. The van der Waals surface area contributed by atoms with Crippen LogP contribution in [0.5, 0.6) is 11.5 Å². The third-order valence-corrected chi connectivity index (χ3v) is 7.36. The normalized spacial score (nSPS) is 12.5. The molecule has 9 heteroatoms. The van der Waals surface area contributed by atoms with Crippen LogP contribution in [0.2, 0.25) is 0 Å². The highest BCUT2D eigenvalue weighted by atomic mass is 32.2. The minimum Gasteiger partial charge on any atom is -0.493 e. The van der Waals surface area contributed by atoms with Gasteiger partial charge in [-0.2, -0.15) is 8.42 Å². The van der Waals surface area contributed by atoms with Crippen molar-refractivity contribution in [2.45, 2.75) is 11.8 Å². The van der Waals surface area contributed by atoms with Gasteiger partial charge in [-0.1, -0.05) is 47.2 Å². The number of rotatable bonds is 5. The van der Waals surface area contributed by atoms with Gasteiger partial charge in [-0.15, -0.1) is 0 Å². The van der Waals surface area contributed by atoms with Crippen molar-refractivity contribution in [3.8, 4) is 11.5 Å². The number of hydrogen-bond donors (Lipinski definition) is 0. The Hall–Kier alpha value is -3.69. The molecule has 0 unspecified atom stereocenters. The third kappa shape index (κ3) is 3.85. The van der Waals surface area contributed by atoms with Gasteiger partial charge >= 0.3 is 10.1 Å². The van der Waals surface area contributed by atoms with Crippen LogP contribution in [-0.4, -0.2) is 24.9 Å². The molecular formula is C24H18N2O5S2. The van der Waals surface area contributed by atoms with Gasteiger partial charge in [-0.25, -0.2) is 9.38 Å². The molecule has 0 saturated heterocycles. The second-order valence-corrected chi connectivity index (χ2v) is 9.95. The van der Waals surface area contributed by atoms with Gasteiger partial charge < -0.3 is 8.92 Å². The summed E-state index contributed by atoms with van der Waals surface area (Å²) in [4.78, 5) is 18.1. The number of aryl methyl sites for hydroxylation is 1. The molecule has 0 amide bonds. The third-order valence-electron chi connectivity index (χ3n) is 5.14. The maximum atomic E-state index is 13.0. The molecule has 0 aliphatic carbocycles. The molecule has 5 aromatic rings. The van der Waals surface area contributed by atoms with Crippen molar-refractivity contribution in [3.63, 3.8) is 0 Å². The number of fused-ring (bicyclic) bond motifs is 3. The first-order valence-electron chi connectivity index (χ1n) is 9.97. The fourth-order valence-electron chi connectivity index (χ4n) is 3.48. The average Bonchev–Trinajstić information content (AvgIpc) is 3.31. The summed E-state index contributed by atoms with van der Waals surface area (Å²) in [6, 6.07) is 18.7. The summed E-state index contributed by atoms with van der Waals surface area (Å²) in [5, 5.41) is 0. The maximum absolute atomic E-state index is 13.0. The van der Waals surface area contributed by atoms with E-state index in [1.54, 1.807) is 34.7 Å². The number of aromatic nitrogens is 2. The molecule has 7 nitrogen and oxygen atoms in total. The highest BCUT2D eigenvalue weighted by Crippen LogP contribution is 2.31. The number of ether oxygens (including phenoxy) is 1. The number of nitrogens with zero attached hydrogens (tertiary/aromatic N) is 2. The van der Waals surface area contributed by atoms with E-state index in [9.17, 15) is 13.2 Å². The van der Waals surface area contributed by atoms with Crippen LogP contribution in [0.1, 0.15) is 11.1 Å².